The third kappa shape index (κ3) is 80.1. The van der Waals surface area contributed by atoms with Crippen LogP contribution in [0.5, 0.6) is 0 Å². The number of thioether (sulfide) groups is 1. The Hall–Kier alpha value is -0.430. The third-order valence-corrected chi connectivity index (χ3v) is 7.20. The van der Waals surface area contributed by atoms with Crippen LogP contribution in [0, 0.1) is 57.2 Å². The molecule has 4 rings (SSSR count). The van der Waals surface area contributed by atoms with Crippen LogP contribution in [-0.2, 0) is 0 Å². The van der Waals surface area contributed by atoms with E-state index in [2.05, 4.69) is 166 Å². The van der Waals surface area contributed by atoms with E-state index in [1.165, 1.54) is 49.4 Å². The van der Waals surface area contributed by atoms with Gasteiger partial charge in [0.2, 0.25) is 0 Å². The zero-order valence-corrected chi connectivity index (χ0v) is 44.5. The average molecular weight is 784 g/mol. The van der Waals surface area contributed by atoms with Crippen LogP contribution in [0.4, 0.5) is 0 Å². The SMILES string of the molecule is CC.CC(C)(C)C.CC(C)(C)C.CC(C)(C)C.CC(C)C.CC1CC2C3CCC(C3)C2C1.CCC.CCC.CCC(C)(C)CC.CSC.c1ccccc1. The molecule has 0 radical (unpaired) electrons. The number of benzene rings is 1. The molecule has 3 aliphatic rings. The summed E-state index contributed by atoms with van der Waals surface area (Å²) in [6.07, 6.45) is 17.1. The summed E-state index contributed by atoms with van der Waals surface area (Å²) < 4.78 is 0. The molecular formula is C53H114S. The molecule has 1 aromatic carbocycles. The van der Waals surface area contributed by atoms with Gasteiger partial charge in [0, 0.05) is 0 Å². The van der Waals surface area contributed by atoms with Gasteiger partial charge >= 0.3 is 0 Å². The maximum absolute atomic E-state index is 2.46. The molecule has 0 heterocycles. The van der Waals surface area contributed by atoms with Crippen LogP contribution in [0.25, 0.3) is 0 Å². The fourth-order valence-electron chi connectivity index (χ4n) is 4.92. The molecule has 0 aliphatic heterocycles. The maximum atomic E-state index is 2.46. The van der Waals surface area contributed by atoms with Crippen LogP contribution in [0.2, 0.25) is 0 Å². The monoisotopic (exact) mass is 783 g/mol. The Morgan fingerprint density at radius 2 is 0.648 bits per heavy atom. The van der Waals surface area contributed by atoms with Gasteiger partial charge in [0.15, 0.2) is 0 Å². The summed E-state index contributed by atoms with van der Waals surface area (Å²) in [6, 6.07) is 12.0. The molecule has 0 aromatic heterocycles. The average Bonchev–Trinajstić information content (AvgIpc) is 3.73. The highest BCUT2D eigenvalue weighted by Gasteiger charge is 2.50. The molecule has 1 aromatic rings. The Bertz CT molecular complexity index is 665. The molecule has 3 fully saturated rings. The van der Waals surface area contributed by atoms with Gasteiger partial charge in [-0.25, -0.2) is 0 Å². The van der Waals surface area contributed by atoms with Gasteiger partial charge in [-0.1, -0.05) is 242 Å². The van der Waals surface area contributed by atoms with E-state index in [9.17, 15) is 0 Å². The molecule has 4 atom stereocenters. The first-order valence-corrected chi connectivity index (χ1v) is 24.5. The van der Waals surface area contributed by atoms with Gasteiger partial charge in [0.25, 0.3) is 0 Å². The number of rotatable bonds is 2. The van der Waals surface area contributed by atoms with E-state index in [0.29, 0.717) is 21.7 Å². The largest absolute Gasteiger partial charge is 0.169 e. The molecule has 0 amide bonds. The van der Waals surface area contributed by atoms with Crippen molar-refractivity contribution in [1.29, 1.82) is 0 Å². The van der Waals surface area contributed by atoms with Crippen molar-refractivity contribution < 1.29 is 0 Å². The molecule has 332 valence electrons. The summed E-state index contributed by atoms with van der Waals surface area (Å²) in [4.78, 5) is 0. The summed E-state index contributed by atoms with van der Waals surface area (Å²) in [6.45, 7) is 56.8. The second-order valence-electron chi connectivity index (χ2n) is 21.8. The van der Waals surface area contributed by atoms with Crippen LogP contribution >= 0.6 is 11.8 Å². The van der Waals surface area contributed by atoms with E-state index >= 15 is 0 Å². The number of fused-ring (bicyclic) bond motifs is 5. The lowest BCUT2D eigenvalue weighted by Crippen LogP contribution is -2.15. The quantitative estimate of drug-likeness (QED) is 0.288. The van der Waals surface area contributed by atoms with Gasteiger partial charge in [-0.05, 0) is 102 Å². The van der Waals surface area contributed by atoms with Gasteiger partial charge < -0.3 is 0 Å². The van der Waals surface area contributed by atoms with Crippen molar-refractivity contribution in [3.05, 3.63) is 36.4 Å². The fraction of sp³-hybridized carbons (Fsp3) is 0.887. The lowest BCUT2D eigenvalue weighted by Gasteiger charge is -2.23. The predicted octanol–water partition coefficient (Wildman–Crippen LogP) is 20.3. The third-order valence-electron chi connectivity index (χ3n) is 7.20. The maximum Gasteiger partial charge on any atom is -0.0187 e. The Morgan fingerprint density at radius 1 is 0.481 bits per heavy atom. The van der Waals surface area contributed by atoms with Crippen molar-refractivity contribution >= 4 is 11.8 Å². The van der Waals surface area contributed by atoms with Crippen LogP contribution in [0.3, 0.4) is 0 Å². The highest BCUT2D eigenvalue weighted by atomic mass is 32.2. The topological polar surface area (TPSA) is 0 Å². The number of hydrogen-bond acceptors (Lipinski definition) is 1. The lowest BCUT2D eigenvalue weighted by molar-refractivity contribution is 0.259. The van der Waals surface area contributed by atoms with Crippen LogP contribution in [0.15, 0.2) is 36.4 Å². The van der Waals surface area contributed by atoms with Gasteiger partial charge in [0.1, 0.15) is 0 Å². The second kappa shape index (κ2) is 42.2. The molecule has 0 spiro atoms. The molecule has 54 heavy (non-hydrogen) atoms. The normalized spacial score (nSPS) is 19.8. The van der Waals surface area contributed by atoms with Crippen molar-refractivity contribution in [2.75, 3.05) is 12.5 Å². The van der Waals surface area contributed by atoms with Crippen LogP contribution in [0.1, 0.15) is 238 Å². The minimum absolute atomic E-state index is 0.500. The smallest absolute Gasteiger partial charge is 0.0187 e. The highest BCUT2D eigenvalue weighted by Crippen LogP contribution is 2.59. The Kier molecular flexibility index (Phi) is 53.3. The van der Waals surface area contributed by atoms with E-state index in [0.717, 1.165) is 11.8 Å². The Labute approximate surface area is 354 Å². The predicted molar refractivity (Wildman–Crippen MR) is 266 cm³/mol. The molecule has 0 N–H and O–H groups in total. The molecular weight excluding hydrogens is 669 g/mol. The minimum Gasteiger partial charge on any atom is -0.169 e. The summed E-state index contributed by atoms with van der Waals surface area (Å²) in [5, 5.41) is 0. The summed E-state index contributed by atoms with van der Waals surface area (Å²) in [5.74, 6) is 6.62. The van der Waals surface area contributed by atoms with Gasteiger partial charge in [-0.3, -0.25) is 0 Å². The summed E-state index contributed by atoms with van der Waals surface area (Å²) in [5.41, 5.74) is 2.08. The van der Waals surface area contributed by atoms with Crippen molar-refractivity contribution in [2.45, 2.75) is 238 Å². The van der Waals surface area contributed by atoms with Crippen molar-refractivity contribution in [2.24, 2.45) is 57.2 Å². The summed E-state index contributed by atoms with van der Waals surface area (Å²) >= 11 is 1.75. The zero-order valence-electron chi connectivity index (χ0n) is 43.7. The Morgan fingerprint density at radius 3 is 0.778 bits per heavy atom. The molecule has 0 saturated heterocycles. The van der Waals surface area contributed by atoms with Crippen molar-refractivity contribution in [1.82, 2.24) is 0 Å². The Balaban J connectivity index is -0.0000000937. The van der Waals surface area contributed by atoms with Crippen LogP contribution in [-0.4, -0.2) is 12.5 Å². The first kappa shape index (κ1) is 68.3. The second-order valence-corrected chi connectivity index (χ2v) is 22.6. The van der Waals surface area contributed by atoms with Gasteiger partial charge in [0.05, 0.1) is 0 Å². The zero-order chi connectivity index (χ0) is 44.8. The van der Waals surface area contributed by atoms with Gasteiger partial charge in [-0.15, -0.1) is 0 Å². The van der Waals surface area contributed by atoms with E-state index < -0.39 is 0 Å². The molecule has 4 unspecified atom stereocenters. The van der Waals surface area contributed by atoms with E-state index in [1.54, 1.807) is 43.9 Å². The van der Waals surface area contributed by atoms with Gasteiger partial charge in [-0.2, -0.15) is 11.8 Å². The van der Waals surface area contributed by atoms with E-state index in [1.807, 2.05) is 62.8 Å². The first-order chi connectivity index (χ1) is 24.4. The summed E-state index contributed by atoms with van der Waals surface area (Å²) in [7, 11) is 0. The molecule has 2 bridgehead atoms. The lowest BCUT2D eigenvalue weighted by atomic mass is 9.82. The van der Waals surface area contributed by atoms with E-state index in [4.69, 9.17) is 0 Å². The molecule has 1 heteroatoms. The number of hydrogen-bond donors (Lipinski definition) is 0. The molecule has 0 nitrogen and oxygen atoms in total. The molecule has 3 saturated carbocycles. The van der Waals surface area contributed by atoms with Crippen molar-refractivity contribution in [3.8, 4) is 0 Å². The highest BCUT2D eigenvalue weighted by molar-refractivity contribution is 7.97. The standard InChI is InChI=1S/C11H18.C7H16.C6H6.3C5H12.C4H10.2C3H8.C2H6S.C2H6/c1-7-4-10-8-2-3-9(6-8)11(10)5-7;1-5-7(3,4)6-2;1-2-4-6-5-3-1;3*1-5(2,3)4;1-4(2)3;3*1-3-2;1-2/h7-11H,2-6H2,1H3;5-6H2,1-4H3;1-6H;3*1-4H3;4H,1-3H3;2*3H2,1-2H3;1-2H3;1-2H3. The van der Waals surface area contributed by atoms with E-state index in [-0.39, 0.29) is 0 Å². The first-order valence-electron chi connectivity index (χ1n) is 22.8. The minimum atomic E-state index is 0.500. The van der Waals surface area contributed by atoms with Crippen molar-refractivity contribution in [3.63, 3.8) is 0 Å². The fourth-order valence-corrected chi connectivity index (χ4v) is 4.92. The molecule has 3 aliphatic carbocycles. The van der Waals surface area contributed by atoms with Crippen LogP contribution < -0.4 is 0 Å².